The van der Waals surface area contributed by atoms with Crippen molar-refractivity contribution in [3.05, 3.63) is 11.3 Å². The summed E-state index contributed by atoms with van der Waals surface area (Å²) in [5.41, 5.74) is 0. The van der Waals surface area contributed by atoms with Crippen molar-refractivity contribution in [3.8, 4) is 0 Å². The fourth-order valence-electron chi connectivity index (χ4n) is 2.17. The van der Waals surface area contributed by atoms with E-state index in [0.717, 1.165) is 22.8 Å². The summed E-state index contributed by atoms with van der Waals surface area (Å²) in [4.78, 5) is 12.6. The van der Waals surface area contributed by atoms with Gasteiger partial charge in [-0.1, -0.05) is 24.2 Å². The number of nitrogens with zero attached hydrogens (tertiary/aromatic N) is 4. The second-order valence-electron chi connectivity index (χ2n) is 4.25. The maximum absolute atomic E-state index is 11.8. The van der Waals surface area contributed by atoms with Gasteiger partial charge in [0, 0.05) is 5.92 Å². The normalized spacial score (nSPS) is 16.7. The molecule has 2 aromatic rings. The van der Waals surface area contributed by atoms with Gasteiger partial charge >= 0.3 is 0 Å². The summed E-state index contributed by atoms with van der Waals surface area (Å²) in [6.07, 6.45) is 5.96. The Morgan fingerprint density at radius 1 is 1.53 bits per heavy atom. The van der Waals surface area contributed by atoms with Gasteiger partial charge in [-0.25, -0.2) is 0 Å². The van der Waals surface area contributed by atoms with E-state index in [-0.39, 0.29) is 11.8 Å². The van der Waals surface area contributed by atoms with Crippen LogP contribution in [0.5, 0.6) is 0 Å². The Morgan fingerprint density at radius 2 is 2.35 bits per heavy atom. The van der Waals surface area contributed by atoms with E-state index in [1.807, 2.05) is 0 Å². The second kappa shape index (κ2) is 4.40. The molecule has 2 heterocycles. The maximum Gasteiger partial charge on any atom is 0.234 e. The van der Waals surface area contributed by atoms with E-state index in [9.17, 15) is 4.79 Å². The molecule has 0 spiro atoms. The number of aromatic nitrogens is 4. The molecule has 0 aliphatic heterocycles. The van der Waals surface area contributed by atoms with Crippen LogP contribution in [-0.4, -0.2) is 25.7 Å². The van der Waals surface area contributed by atoms with Gasteiger partial charge < -0.3 is 5.32 Å². The molecule has 0 radical (unpaired) electrons. The van der Waals surface area contributed by atoms with Crippen molar-refractivity contribution < 1.29 is 4.79 Å². The number of nitrogens with one attached hydrogen (secondary N) is 1. The maximum atomic E-state index is 11.8. The Balaban J connectivity index is 1.60. The zero-order valence-electron chi connectivity index (χ0n) is 9.30. The standard InChI is InChI=1S/C10H13N5OS/c16-9(7-3-1-2-4-7)11-5-8-14-15-6-12-13-10(15)17-8/h6-7H,1-5H2,(H,11,16). The lowest BCUT2D eigenvalue weighted by Crippen LogP contribution is -2.28. The van der Waals surface area contributed by atoms with Gasteiger partial charge in [0.25, 0.3) is 0 Å². The first kappa shape index (κ1) is 10.6. The summed E-state index contributed by atoms with van der Waals surface area (Å²) >= 11 is 1.45. The van der Waals surface area contributed by atoms with Crippen LogP contribution in [0.15, 0.2) is 6.33 Å². The van der Waals surface area contributed by atoms with Crippen LogP contribution in [0, 0.1) is 5.92 Å². The Morgan fingerprint density at radius 3 is 3.12 bits per heavy atom. The number of hydrogen-bond acceptors (Lipinski definition) is 5. The van der Waals surface area contributed by atoms with E-state index in [2.05, 4.69) is 20.6 Å². The van der Waals surface area contributed by atoms with E-state index < -0.39 is 0 Å². The van der Waals surface area contributed by atoms with Crippen molar-refractivity contribution in [2.75, 3.05) is 0 Å². The molecule has 1 fully saturated rings. The molecule has 1 aliphatic carbocycles. The number of carbonyl (C=O) groups is 1. The van der Waals surface area contributed by atoms with Gasteiger partial charge in [0.2, 0.25) is 10.9 Å². The zero-order chi connectivity index (χ0) is 11.7. The molecule has 0 unspecified atom stereocenters. The molecule has 17 heavy (non-hydrogen) atoms. The monoisotopic (exact) mass is 251 g/mol. The highest BCUT2D eigenvalue weighted by molar-refractivity contribution is 7.16. The Bertz CT molecular complexity index is 499. The predicted octanol–water partition coefficient (Wildman–Crippen LogP) is 0.992. The highest BCUT2D eigenvalue weighted by Crippen LogP contribution is 2.24. The van der Waals surface area contributed by atoms with Crippen molar-refractivity contribution in [2.24, 2.45) is 5.92 Å². The molecule has 3 rings (SSSR count). The van der Waals surface area contributed by atoms with Gasteiger partial charge in [-0.05, 0) is 12.8 Å². The number of carbonyl (C=O) groups excluding carboxylic acids is 1. The largest absolute Gasteiger partial charge is 0.349 e. The number of fused-ring (bicyclic) bond motifs is 1. The third-order valence-corrected chi connectivity index (χ3v) is 3.98. The lowest BCUT2D eigenvalue weighted by atomic mass is 10.1. The molecule has 1 aliphatic rings. The Hall–Kier alpha value is -1.50. The summed E-state index contributed by atoms with van der Waals surface area (Å²) in [6, 6.07) is 0. The molecule has 1 amide bonds. The van der Waals surface area contributed by atoms with E-state index in [1.165, 1.54) is 24.2 Å². The van der Waals surface area contributed by atoms with E-state index in [4.69, 9.17) is 0 Å². The topological polar surface area (TPSA) is 72.2 Å². The number of amides is 1. The summed E-state index contributed by atoms with van der Waals surface area (Å²) < 4.78 is 1.63. The van der Waals surface area contributed by atoms with Gasteiger partial charge in [0.1, 0.15) is 11.3 Å². The van der Waals surface area contributed by atoms with Gasteiger partial charge in [0.05, 0.1) is 6.54 Å². The minimum atomic E-state index is 0.161. The van der Waals surface area contributed by atoms with E-state index in [0.29, 0.717) is 6.54 Å². The zero-order valence-corrected chi connectivity index (χ0v) is 10.1. The quantitative estimate of drug-likeness (QED) is 0.883. The highest BCUT2D eigenvalue weighted by Gasteiger charge is 2.22. The predicted molar refractivity (Wildman–Crippen MR) is 62.5 cm³/mol. The van der Waals surface area contributed by atoms with Crippen molar-refractivity contribution in [1.29, 1.82) is 0 Å². The molecule has 1 N–H and O–H groups in total. The van der Waals surface area contributed by atoms with Crippen LogP contribution < -0.4 is 5.32 Å². The Kier molecular flexibility index (Phi) is 2.76. The van der Waals surface area contributed by atoms with Crippen LogP contribution in [0.25, 0.3) is 4.96 Å². The van der Waals surface area contributed by atoms with Crippen LogP contribution in [-0.2, 0) is 11.3 Å². The first-order chi connectivity index (χ1) is 8.33. The average Bonchev–Trinajstić information content (AvgIpc) is 3.01. The molecule has 90 valence electrons. The smallest absolute Gasteiger partial charge is 0.234 e. The highest BCUT2D eigenvalue weighted by atomic mass is 32.1. The minimum Gasteiger partial charge on any atom is -0.349 e. The van der Waals surface area contributed by atoms with Gasteiger partial charge in [-0.3, -0.25) is 4.79 Å². The van der Waals surface area contributed by atoms with Crippen LogP contribution in [0.2, 0.25) is 0 Å². The molecule has 7 heteroatoms. The first-order valence-electron chi connectivity index (χ1n) is 5.76. The van der Waals surface area contributed by atoms with Gasteiger partial charge in [0.15, 0.2) is 0 Å². The summed E-state index contributed by atoms with van der Waals surface area (Å²) in [5.74, 6) is 0.370. The van der Waals surface area contributed by atoms with Crippen molar-refractivity contribution in [1.82, 2.24) is 25.1 Å². The molecular weight excluding hydrogens is 238 g/mol. The third-order valence-electron chi connectivity index (χ3n) is 3.07. The fraction of sp³-hybridized carbons (Fsp3) is 0.600. The van der Waals surface area contributed by atoms with Crippen LogP contribution in [0.4, 0.5) is 0 Å². The lowest BCUT2D eigenvalue weighted by molar-refractivity contribution is -0.124. The van der Waals surface area contributed by atoms with E-state index in [1.54, 1.807) is 10.8 Å². The lowest BCUT2D eigenvalue weighted by Gasteiger charge is -2.08. The first-order valence-corrected chi connectivity index (χ1v) is 6.58. The van der Waals surface area contributed by atoms with Crippen LogP contribution >= 0.6 is 11.3 Å². The molecule has 0 bridgehead atoms. The van der Waals surface area contributed by atoms with Crippen molar-refractivity contribution in [3.63, 3.8) is 0 Å². The summed E-state index contributed by atoms with van der Waals surface area (Å²) in [6.45, 7) is 0.489. The van der Waals surface area contributed by atoms with Gasteiger partial charge in [-0.2, -0.15) is 9.61 Å². The summed E-state index contributed by atoms with van der Waals surface area (Å²) in [7, 11) is 0. The van der Waals surface area contributed by atoms with Crippen LogP contribution in [0.1, 0.15) is 30.7 Å². The van der Waals surface area contributed by atoms with Crippen molar-refractivity contribution >= 4 is 22.2 Å². The molecule has 2 aromatic heterocycles. The Labute approximate surface area is 102 Å². The molecule has 1 saturated carbocycles. The number of hydrogen-bond donors (Lipinski definition) is 1. The fourth-order valence-corrected chi connectivity index (χ4v) is 2.92. The molecule has 0 atom stereocenters. The van der Waals surface area contributed by atoms with Crippen LogP contribution in [0.3, 0.4) is 0 Å². The minimum absolute atomic E-state index is 0.161. The molecular formula is C10H13N5OS. The average molecular weight is 251 g/mol. The molecule has 0 aromatic carbocycles. The third kappa shape index (κ3) is 2.14. The molecule has 0 saturated heterocycles. The number of rotatable bonds is 3. The summed E-state index contributed by atoms with van der Waals surface area (Å²) in [5, 5.41) is 15.7. The second-order valence-corrected chi connectivity index (χ2v) is 5.29. The molecule has 6 nitrogen and oxygen atoms in total. The van der Waals surface area contributed by atoms with Crippen molar-refractivity contribution in [2.45, 2.75) is 32.2 Å². The van der Waals surface area contributed by atoms with E-state index >= 15 is 0 Å². The SMILES string of the molecule is O=C(NCc1nn2cnnc2s1)C1CCCC1. The van der Waals surface area contributed by atoms with Gasteiger partial charge in [-0.15, -0.1) is 10.2 Å².